The Balaban J connectivity index is 2.99. The molecular formula is C10H11NO. The van der Waals surface area contributed by atoms with Crippen LogP contribution < -0.4 is 5.73 Å². The van der Waals surface area contributed by atoms with Crippen molar-refractivity contribution < 1.29 is 5.11 Å². The Hall–Kier alpha value is -1.62. The molecule has 12 heavy (non-hydrogen) atoms. The van der Waals surface area contributed by atoms with Gasteiger partial charge in [0.2, 0.25) is 0 Å². The molecule has 0 amide bonds. The second-order valence-electron chi connectivity index (χ2n) is 2.61. The Morgan fingerprint density at radius 1 is 1.42 bits per heavy atom. The maximum Gasteiger partial charge on any atom is 0.108 e. The number of aliphatic hydroxyl groups excluding tert-OH is 1. The van der Waals surface area contributed by atoms with E-state index < -0.39 is 0 Å². The van der Waals surface area contributed by atoms with Crippen molar-refractivity contribution in [2.24, 2.45) is 0 Å². The molecule has 62 valence electrons. The molecule has 0 saturated heterocycles. The SMILES string of the molecule is CC(C#CO)c1ccccc1N. The van der Waals surface area contributed by atoms with E-state index in [9.17, 15) is 0 Å². The molecule has 0 aliphatic carbocycles. The number of benzene rings is 1. The minimum absolute atomic E-state index is 0.0174. The van der Waals surface area contributed by atoms with E-state index in [2.05, 4.69) is 5.92 Å². The Labute approximate surface area is 72.0 Å². The van der Waals surface area contributed by atoms with E-state index in [1.54, 1.807) is 0 Å². The van der Waals surface area contributed by atoms with Crippen molar-refractivity contribution in [2.75, 3.05) is 5.73 Å². The molecule has 0 aliphatic heterocycles. The van der Waals surface area contributed by atoms with E-state index in [-0.39, 0.29) is 5.92 Å². The fourth-order valence-electron chi connectivity index (χ4n) is 1.08. The molecule has 1 aromatic rings. The van der Waals surface area contributed by atoms with Gasteiger partial charge in [-0.05, 0) is 18.6 Å². The van der Waals surface area contributed by atoms with Gasteiger partial charge in [-0.1, -0.05) is 24.1 Å². The third-order valence-corrected chi connectivity index (χ3v) is 1.74. The zero-order valence-electron chi connectivity index (χ0n) is 6.91. The number of anilines is 1. The molecule has 0 aromatic heterocycles. The molecule has 0 heterocycles. The van der Waals surface area contributed by atoms with Gasteiger partial charge in [0, 0.05) is 11.6 Å². The van der Waals surface area contributed by atoms with Crippen LogP contribution in [0.25, 0.3) is 0 Å². The first kappa shape index (κ1) is 8.48. The minimum atomic E-state index is -0.0174. The molecule has 2 heteroatoms. The van der Waals surface area contributed by atoms with Gasteiger partial charge in [0.25, 0.3) is 0 Å². The normalized spacial score (nSPS) is 11.4. The van der Waals surface area contributed by atoms with Crippen molar-refractivity contribution in [2.45, 2.75) is 12.8 Å². The molecule has 1 aromatic carbocycles. The lowest BCUT2D eigenvalue weighted by molar-refractivity contribution is 0.515. The predicted molar refractivity (Wildman–Crippen MR) is 49.0 cm³/mol. The summed E-state index contributed by atoms with van der Waals surface area (Å²) in [6.07, 6.45) is 1.89. The number of hydrogen-bond acceptors (Lipinski definition) is 2. The van der Waals surface area contributed by atoms with Gasteiger partial charge in [-0.15, -0.1) is 0 Å². The van der Waals surface area contributed by atoms with Crippen molar-refractivity contribution in [3.63, 3.8) is 0 Å². The minimum Gasteiger partial charge on any atom is -0.462 e. The number of aliphatic hydroxyl groups is 1. The van der Waals surface area contributed by atoms with Crippen LogP contribution in [0.3, 0.4) is 0 Å². The Morgan fingerprint density at radius 3 is 2.67 bits per heavy atom. The van der Waals surface area contributed by atoms with Crippen LogP contribution in [0.4, 0.5) is 5.69 Å². The highest BCUT2D eigenvalue weighted by Crippen LogP contribution is 2.20. The van der Waals surface area contributed by atoms with Crippen LogP contribution in [0.15, 0.2) is 24.3 Å². The molecule has 0 fully saturated rings. The summed E-state index contributed by atoms with van der Waals surface area (Å²) < 4.78 is 0. The topological polar surface area (TPSA) is 46.2 Å². The van der Waals surface area contributed by atoms with Crippen molar-refractivity contribution in [1.82, 2.24) is 0 Å². The average Bonchev–Trinajstić information content (AvgIpc) is 2.05. The monoisotopic (exact) mass is 161 g/mol. The summed E-state index contributed by atoms with van der Waals surface area (Å²) in [6, 6.07) is 7.51. The first-order chi connectivity index (χ1) is 5.75. The maximum atomic E-state index is 8.39. The number of para-hydroxylation sites is 1. The van der Waals surface area contributed by atoms with Gasteiger partial charge in [0.1, 0.15) is 6.11 Å². The summed E-state index contributed by atoms with van der Waals surface area (Å²) in [5, 5.41) is 8.39. The van der Waals surface area contributed by atoms with Crippen molar-refractivity contribution >= 4 is 5.69 Å². The van der Waals surface area contributed by atoms with Crippen LogP contribution in [-0.4, -0.2) is 5.11 Å². The quantitative estimate of drug-likeness (QED) is 0.486. The molecule has 0 bridgehead atoms. The molecule has 0 saturated carbocycles. The van der Waals surface area contributed by atoms with Crippen molar-refractivity contribution in [1.29, 1.82) is 0 Å². The number of hydrogen-bond donors (Lipinski definition) is 2. The lowest BCUT2D eigenvalue weighted by atomic mass is 10.0. The van der Waals surface area contributed by atoms with Crippen LogP contribution in [0.2, 0.25) is 0 Å². The van der Waals surface area contributed by atoms with Gasteiger partial charge in [-0.2, -0.15) is 0 Å². The Morgan fingerprint density at radius 2 is 2.08 bits per heavy atom. The Kier molecular flexibility index (Phi) is 2.60. The zero-order valence-corrected chi connectivity index (χ0v) is 6.91. The number of nitrogen functional groups attached to an aromatic ring is 1. The van der Waals surface area contributed by atoms with E-state index in [0.29, 0.717) is 5.69 Å². The molecule has 1 atom stereocenters. The van der Waals surface area contributed by atoms with Gasteiger partial charge in [-0.3, -0.25) is 0 Å². The van der Waals surface area contributed by atoms with Crippen molar-refractivity contribution in [3.8, 4) is 12.0 Å². The van der Waals surface area contributed by atoms with E-state index in [1.165, 1.54) is 0 Å². The van der Waals surface area contributed by atoms with E-state index in [0.717, 1.165) is 5.56 Å². The van der Waals surface area contributed by atoms with Crippen LogP contribution in [0.5, 0.6) is 0 Å². The first-order valence-electron chi connectivity index (χ1n) is 3.74. The highest BCUT2D eigenvalue weighted by molar-refractivity contribution is 5.50. The summed E-state index contributed by atoms with van der Waals surface area (Å²) in [6.45, 7) is 1.90. The van der Waals surface area contributed by atoms with E-state index >= 15 is 0 Å². The average molecular weight is 161 g/mol. The summed E-state index contributed by atoms with van der Waals surface area (Å²) in [4.78, 5) is 0. The lowest BCUT2D eigenvalue weighted by Gasteiger charge is -2.06. The van der Waals surface area contributed by atoms with Gasteiger partial charge in [0.15, 0.2) is 0 Å². The zero-order chi connectivity index (χ0) is 8.97. The summed E-state index contributed by atoms with van der Waals surface area (Å²) in [5.74, 6) is 2.61. The highest BCUT2D eigenvalue weighted by atomic mass is 16.2. The van der Waals surface area contributed by atoms with Crippen LogP contribution in [-0.2, 0) is 0 Å². The van der Waals surface area contributed by atoms with Crippen LogP contribution >= 0.6 is 0 Å². The Bertz CT molecular complexity index is 322. The summed E-state index contributed by atoms with van der Waals surface area (Å²) in [5.41, 5.74) is 7.38. The fraction of sp³-hybridized carbons (Fsp3) is 0.200. The van der Waals surface area contributed by atoms with E-state index in [4.69, 9.17) is 10.8 Å². The number of rotatable bonds is 1. The predicted octanol–water partition coefficient (Wildman–Crippen LogP) is 1.71. The molecular weight excluding hydrogens is 150 g/mol. The smallest absolute Gasteiger partial charge is 0.108 e. The largest absolute Gasteiger partial charge is 0.462 e. The van der Waals surface area contributed by atoms with Crippen molar-refractivity contribution in [3.05, 3.63) is 29.8 Å². The molecule has 1 unspecified atom stereocenters. The lowest BCUT2D eigenvalue weighted by Crippen LogP contribution is -1.96. The summed E-state index contributed by atoms with van der Waals surface area (Å²) >= 11 is 0. The van der Waals surface area contributed by atoms with Gasteiger partial charge in [-0.25, -0.2) is 0 Å². The molecule has 0 aliphatic rings. The standard InChI is InChI=1S/C10H11NO/c1-8(6-7-12)9-4-2-3-5-10(9)11/h2-5,8,12H,11H2,1H3. The summed E-state index contributed by atoms with van der Waals surface area (Å²) in [7, 11) is 0. The fourth-order valence-corrected chi connectivity index (χ4v) is 1.08. The third kappa shape index (κ3) is 1.70. The second-order valence-corrected chi connectivity index (χ2v) is 2.61. The molecule has 3 N–H and O–H groups in total. The molecule has 0 radical (unpaired) electrons. The second kappa shape index (κ2) is 3.68. The molecule has 1 rings (SSSR count). The maximum absolute atomic E-state index is 8.39. The van der Waals surface area contributed by atoms with Gasteiger partial charge < -0.3 is 10.8 Å². The molecule has 2 nitrogen and oxygen atoms in total. The molecule has 0 spiro atoms. The van der Waals surface area contributed by atoms with Gasteiger partial charge in [0.05, 0.1) is 0 Å². The third-order valence-electron chi connectivity index (χ3n) is 1.74. The van der Waals surface area contributed by atoms with E-state index in [1.807, 2.05) is 37.3 Å². The van der Waals surface area contributed by atoms with Crippen LogP contribution in [0.1, 0.15) is 18.4 Å². The van der Waals surface area contributed by atoms with Crippen LogP contribution in [0, 0.1) is 12.0 Å². The highest BCUT2D eigenvalue weighted by Gasteiger charge is 2.04. The van der Waals surface area contributed by atoms with Gasteiger partial charge >= 0.3 is 0 Å². The first-order valence-corrected chi connectivity index (χ1v) is 3.74. The number of nitrogens with two attached hydrogens (primary N) is 1.